The molecule has 1 aromatic heterocycles. The van der Waals surface area contributed by atoms with Crippen LogP contribution in [0.1, 0.15) is 29.1 Å². The van der Waals surface area contributed by atoms with E-state index < -0.39 is 5.54 Å². The highest BCUT2D eigenvalue weighted by Gasteiger charge is 2.39. The van der Waals surface area contributed by atoms with Gasteiger partial charge >= 0.3 is 0 Å². The van der Waals surface area contributed by atoms with E-state index in [9.17, 15) is 9.59 Å². The van der Waals surface area contributed by atoms with Gasteiger partial charge in [0.05, 0.1) is 17.8 Å². The summed E-state index contributed by atoms with van der Waals surface area (Å²) in [6.07, 6.45) is 0. The maximum absolute atomic E-state index is 12.8. The van der Waals surface area contributed by atoms with Crippen molar-refractivity contribution in [1.82, 2.24) is 5.32 Å². The van der Waals surface area contributed by atoms with Crippen LogP contribution in [0, 0.1) is 0 Å². The van der Waals surface area contributed by atoms with Gasteiger partial charge in [-0.05, 0) is 37.4 Å². The molecule has 0 unspecified atom stereocenters. The van der Waals surface area contributed by atoms with E-state index in [1.807, 2.05) is 35.7 Å². The molecular formula is C16H16N2O2S. The number of nitrogens with one attached hydrogen (secondary N) is 1. The molecule has 108 valence electrons. The molecule has 0 saturated carbocycles. The maximum Gasteiger partial charge on any atom is 0.254 e. The number of rotatable bonds is 2. The van der Waals surface area contributed by atoms with Crippen LogP contribution in [0.3, 0.4) is 0 Å². The number of carbonyl (C=O) groups excluding carboxylic acids is 2. The van der Waals surface area contributed by atoms with Crippen molar-refractivity contribution in [2.45, 2.75) is 25.9 Å². The molecule has 5 heteroatoms. The first kappa shape index (κ1) is 13.8. The molecule has 0 spiro atoms. The van der Waals surface area contributed by atoms with Gasteiger partial charge in [-0.3, -0.25) is 9.59 Å². The number of fused-ring (bicyclic) bond motifs is 1. The molecule has 0 fully saturated rings. The second-order valence-corrected chi connectivity index (χ2v) is 6.60. The summed E-state index contributed by atoms with van der Waals surface area (Å²) in [4.78, 5) is 27.9. The van der Waals surface area contributed by atoms with Crippen molar-refractivity contribution in [1.29, 1.82) is 0 Å². The second-order valence-electron chi connectivity index (χ2n) is 5.57. The van der Waals surface area contributed by atoms with E-state index >= 15 is 0 Å². The van der Waals surface area contributed by atoms with Crippen molar-refractivity contribution < 1.29 is 9.59 Å². The summed E-state index contributed by atoms with van der Waals surface area (Å²) in [5.41, 5.74) is 0.278. The molecule has 2 aromatic rings. The molecule has 1 aliphatic rings. The summed E-state index contributed by atoms with van der Waals surface area (Å²) in [6.45, 7) is 3.95. The first-order chi connectivity index (χ1) is 9.99. The predicted octanol–water partition coefficient (Wildman–Crippen LogP) is 2.80. The molecule has 1 aliphatic heterocycles. The summed E-state index contributed by atoms with van der Waals surface area (Å²) >= 11 is 1.60. The molecule has 21 heavy (non-hydrogen) atoms. The van der Waals surface area contributed by atoms with Gasteiger partial charge in [0.15, 0.2) is 0 Å². The Morgan fingerprint density at radius 2 is 1.90 bits per heavy atom. The Morgan fingerprint density at radius 3 is 2.62 bits per heavy atom. The molecule has 2 amide bonds. The van der Waals surface area contributed by atoms with E-state index in [2.05, 4.69) is 5.32 Å². The van der Waals surface area contributed by atoms with Crippen molar-refractivity contribution in [3.05, 3.63) is 52.2 Å². The monoisotopic (exact) mass is 300 g/mol. The summed E-state index contributed by atoms with van der Waals surface area (Å²) in [5, 5.41) is 4.79. The van der Waals surface area contributed by atoms with Crippen LogP contribution in [-0.2, 0) is 11.3 Å². The van der Waals surface area contributed by atoms with Gasteiger partial charge in [0.2, 0.25) is 0 Å². The summed E-state index contributed by atoms with van der Waals surface area (Å²) in [7, 11) is 0. The van der Waals surface area contributed by atoms with Crippen LogP contribution in [0.4, 0.5) is 5.69 Å². The molecule has 1 aromatic carbocycles. The zero-order chi connectivity index (χ0) is 15.0. The zero-order valence-corrected chi connectivity index (χ0v) is 12.7. The second kappa shape index (κ2) is 5.00. The van der Waals surface area contributed by atoms with Gasteiger partial charge in [-0.1, -0.05) is 18.2 Å². The number of amides is 2. The first-order valence-corrected chi connectivity index (χ1v) is 7.63. The highest BCUT2D eigenvalue weighted by atomic mass is 32.1. The van der Waals surface area contributed by atoms with Gasteiger partial charge < -0.3 is 10.2 Å². The topological polar surface area (TPSA) is 49.4 Å². The average molecular weight is 300 g/mol. The number of anilines is 1. The lowest BCUT2D eigenvalue weighted by Gasteiger charge is -2.29. The standard InChI is InChI=1S/C16H16N2O2S/c1-16(2)15(20)18(10-11-6-5-9-21-11)13-8-4-3-7-12(13)14(19)17-16/h3-9H,10H2,1-2H3,(H,17,19). The third-order valence-electron chi connectivity index (χ3n) is 3.54. The number of hydrogen-bond donors (Lipinski definition) is 1. The number of nitrogens with zero attached hydrogens (tertiary/aromatic N) is 1. The largest absolute Gasteiger partial charge is 0.338 e. The lowest BCUT2D eigenvalue weighted by molar-refractivity contribution is -0.123. The smallest absolute Gasteiger partial charge is 0.254 e. The molecule has 0 radical (unpaired) electrons. The van der Waals surface area contributed by atoms with Gasteiger partial charge in [0.1, 0.15) is 5.54 Å². The fraction of sp³-hybridized carbons (Fsp3) is 0.250. The van der Waals surface area contributed by atoms with E-state index in [4.69, 9.17) is 0 Å². The molecule has 0 atom stereocenters. The lowest BCUT2D eigenvalue weighted by atomic mass is 10.0. The average Bonchev–Trinajstić information content (AvgIpc) is 2.94. The minimum atomic E-state index is -0.923. The minimum Gasteiger partial charge on any atom is -0.338 e. The molecule has 2 heterocycles. The maximum atomic E-state index is 12.8. The Balaban J connectivity index is 2.11. The van der Waals surface area contributed by atoms with Crippen LogP contribution < -0.4 is 10.2 Å². The normalized spacial score (nSPS) is 17.1. The molecule has 4 nitrogen and oxygen atoms in total. The highest BCUT2D eigenvalue weighted by Crippen LogP contribution is 2.29. The van der Waals surface area contributed by atoms with Crippen LogP contribution in [-0.4, -0.2) is 17.4 Å². The van der Waals surface area contributed by atoms with E-state index in [0.29, 0.717) is 17.8 Å². The number of para-hydroxylation sites is 1. The molecule has 0 aliphatic carbocycles. The zero-order valence-electron chi connectivity index (χ0n) is 11.9. The van der Waals surface area contributed by atoms with Crippen molar-refractivity contribution in [2.24, 2.45) is 0 Å². The Morgan fingerprint density at radius 1 is 1.14 bits per heavy atom. The molecular weight excluding hydrogens is 284 g/mol. The highest BCUT2D eigenvalue weighted by molar-refractivity contribution is 7.09. The molecule has 3 rings (SSSR count). The fourth-order valence-electron chi connectivity index (χ4n) is 2.47. The van der Waals surface area contributed by atoms with Crippen molar-refractivity contribution in [3.8, 4) is 0 Å². The van der Waals surface area contributed by atoms with Gasteiger partial charge in [-0.25, -0.2) is 0 Å². The van der Waals surface area contributed by atoms with Gasteiger partial charge in [-0.2, -0.15) is 0 Å². The Kier molecular flexibility index (Phi) is 3.29. The van der Waals surface area contributed by atoms with Gasteiger partial charge in [-0.15, -0.1) is 11.3 Å². The van der Waals surface area contributed by atoms with E-state index in [1.54, 1.807) is 36.2 Å². The number of thiophene rings is 1. The fourth-order valence-corrected chi connectivity index (χ4v) is 3.16. The Labute approximate surface area is 127 Å². The lowest BCUT2D eigenvalue weighted by Crippen LogP contribution is -2.53. The number of hydrogen-bond acceptors (Lipinski definition) is 3. The van der Waals surface area contributed by atoms with Crippen molar-refractivity contribution >= 4 is 28.8 Å². The van der Waals surface area contributed by atoms with Crippen LogP contribution in [0.25, 0.3) is 0 Å². The Hall–Kier alpha value is -2.14. The van der Waals surface area contributed by atoms with Crippen molar-refractivity contribution in [2.75, 3.05) is 4.90 Å². The van der Waals surface area contributed by atoms with Crippen LogP contribution in [0.5, 0.6) is 0 Å². The summed E-state index contributed by atoms with van der Waals surface area (Å²) in [6, 6.07) is 11.2. The third-order valence-corrected chi connectivity index (χ3v) is 4.40. The molecule has 1 N–H and O–H groups in total. The predicted molar refractivity (Wildman–Crippen MR) is 83.5 cm³/mol. The van der Waals surface area contributed by atoms with E-state index in [0.717, 1.165) is 4.88 Å². The van der Waals surface area contributed by atoms with E-state index in [-0.39, 0.29) is 11.8 Å². The molecule has 0 bridgehead atoms. The Bertz CT molecular complexity index is 692. The SMILES string of the molecule is CC1(C)NC(=O)c2ccccc2N(Cc2cccs2)C1=O. The van der Waals surface area contributed by atoms with Crippen LogP contribution >= 0.6 is 11.3 Å². The van der Waals surface area contributed by atoms with Crippen molar-refractivity contribution in [3.63, 3.8) is 0 Å². The van der Waals surface area contributed by atoms with E-state index in [1.165, 1.54) is 0 Å². The van der Waals surface area contributed by atoms with Gasteiger partial charge in [0, 0.05) is 4.88 Å². The van der Waals surface area contributed by atoms with Gasteiger partial charge in [0.25, 0.3) is 11.8 Å². The number of benzene rings is 1. The summed E-state index contributed by atoms with van der Waals surface area (Å²) < 4.78 is 0. The summed E-state index contributed by atoms with van der Waals surface area (Å²) in [5.74, 6) is -0.313. The van der Waals surface area contributed by atoms with Crippen LogP contribution in [0.15, 0.2) is 41.8 Å². The minimum absolute atomic E-state index is 0.103. The van der Waals surface area contributed by atoms with Crippen LogP contribution in [0.2, 0.25) is 0 Å². The first-order valence-electron chi connectivity index (χ1n) is 6.75. The number of carbonyl (C=O) groups is 2. The third kappa shape index (κ3) is 2.45. The quantitative estimate of drug-likeness (QED) is 0.927. The molecule has 0 saturated heterocycles.